The highest BCUT2D eigenvalue weighted by Gasteiger charge is 2.13. The monoisotopic (exact) mass is 273 g/mol. The fourth-order valence-corrected chi connectivity index (χ4v) is 2.54. The number of benzene rings is 2. The van der Waals surface area contributed by atoms with Crippen molar-refractivity contribution in [1.29, 1.82) is 0 Å². The quantitative estimate of drug-likeness (QED) is 0.861. The molecule has 1 N–H and O–H groups in total. The smallest absolute Gasteiger partial charge is 0.0438 e. The molecule has 0 heterocycles. The maximum Gasteiger partial charge on any atom is 0.0438 e. The number of hydrogen-bond acceptors (Lipinski definition) is 1. The molecule has 2 heteroatoms. The van der Waals surface area contributed by atoms with Crippen molar-refractivity contribution in [3.8, 4) is 0 Å². The summed E-state index contributed by atoms with van der Waals surface area (Å²) in [5.74, 6) is 0.450. The van der Waals surface area contributed by atoms with Gasteiger partial charge in [0.1, 0.15) is 0 Å². The largest absolute Gasteiger partial charge is 0.319 e. The van der Waals surface area contributed by atoms with Crippen LogP contribution in [-0.2, 0) is 6.42 Å². The van der Waals surface area contributed by atoms with Crippen LogP contribution in [0.5, 0.6) is 0 Å². The minimum absolute atomic E-state index is 0.450. The first-order valence-corrected chi connectivity index (χ1v) is 7.03. The molecule has 0 aliphatic heterocycles. The van der Waals surface area contributed by atoms with E-state index in [0.717, 1.165) is 18.0 Å². The molecule has 0 aromatic heterocycles. The molecule has 2 rings (SSSR count). The lowest BCUT2D eigenvalue weighted by Crippen LogP contribution is -2.19. The highest BCUT2D eigenvalue weighted by atomic mass is 35.5. The molecule has 0 fully saturated rings. The van der Waals surface area contributed by atoms with Gasteiger partial charge in [-0.25, -0.2) is 0 Å². The minimum Gasteiger partial charge on any atom is -0.319 e. The normalized spacial score (nSPS) is 12.4. The Balaban J connectivity index is 2.21. The molecule has 19 heavy (non-hydrogen) atoms. The second-order valence-corrected chi connectivity index (χ2v) is 5.37. The van der Waals surface area contributed by atoms with Gasteiger partial charge in [0, 0.05) is 17.5 Å². The fourth-order valence-electron chi connectivity index (χ4n) is 2.32. The van der Waals surface area contributed by atoms with Gasteiger partial charge in [-0.2, -0.15) is 0 Å². The zero-order valence-corrected chi connectivity index (χ0v) is 12.2. The summed E-state index contributed by atoms with van der Waals surface area (Å²) >= 11 is 6.26. The van der Waals surface area contributed by atoms with Crippen molar-refractivity contribution >= 4 is 11.6 Å². The molecule has 1 atom stereocenters. The van der Waals surface area contributed by atoms with Gasteiger partial charge < -0.3 is 5.32 Å². The van der Waals surface area contributed by atoms with Gasteiger partial charge in [-0.3, -0.25) is 0 Å². The standard InChI is InChI=1S/C17H20ClN/c1-13-7-9-14(10-8-13)16(12-19-2)11-15-5-3-4-6-17(15)18/h3-10,16,19H,11-12H2,1-2H3. The van der Waals surface area contributed by atoms with Gasteiger partial charge in [0.2, 0.25) is 0 Å². The van der Waals surface area contributed by atoms with Crippen LogP contribution >= 0.6 is 11.6 Å². The number of nitrogens with one attached hydrogen (secondary N) is 1. The Morgan fingerprint density at radius 3 is 2.37 bits per heavy atom. The number of likely N-dealkylation sites (N-methyl/N-ethyl adjacent to an activating group) is 1. The van der Waals surface area contributed by atoms with Crippen LogP contribution in [0.15, 0.2) is 48.5 Å². The fraction of sp³-hybridized carbons (Fsp3) is 0.294. The molecule has 1 unspecified atom stereocenters. The summed E-state index contributed by atoms with van der Waals surface area (Å²) in [6, 6.07) is 16.9. The lowest BCUT2D eigenvalue weighted by molar-refractivity contribution is 0.626. The Morgan fingerprint density at radius 1 is 1.05 bits per heavy atom. The number of hydrogen-bond donors (Lipinski definition) is 1. The predicted molar refractivity (Wildman–Crippen MR) is 83.0 cm³/mol. The van der Waals surface area contributed by atoms with E-state index in [1.807, 2.05) is 25.2 Å². The van der Waals surface area contributed by atoms with E-state index in [0.29, 0.717) is 5.92 Å². The maximum absolute atomic E-state index is 6.26. The second kappa shape index (κ2) is 6.74. The van der Waals surface area contributed by atoms with Crippen LogP contribution < -0.4 is 5.32 Å². The summed E-state index contributed by atoms with van der Waals surface area (Å²) in [4.78, 5) is 0. The molecule has 0 aliphatic rings. The zero-order valence-electron chi connectivity index (χ0n) is 11.5. The summed E-state index contributed by atoms with van der Waals surface area (Å²) in [5.41, 5.74) is 3.87. The Morgan fingerprint density at radius 2 is 1.74 bits per heavy atom. The lowest BCUT2D eigenvalue weighted by atomic mass is 9.91. The molecule has 0 amide bonds. The van der Waals surface area contributed by atoms with Gasteiger partial charge in [-0.1, -0.05) is 59.6 Å². The first-order valence-electron chi connectivity index (χ1n) is 6.65. The molecule has 0 radical (unpaired) electrons. The van der Waals surface area contributed by atoms with Gasteiger partial charge >= 0.3 is 0 Å². The first-order chi connectivity index (χ1) is 9.20. The highest BCUT2D eigenvalue weighted by Crippen LogP contribution is 2.25. The van der Waals surface area contributed by atoms with Crippen molar-refractivity contribution in [2.45, 2.75) is 19.3 Å². The first kappa shape index (κ1) is 14.1. The van der Waals surface area contributed by atoms with Crippen molar-refractivity contribution in [2.24, 2.45) is 0 Å². The number of halogens is 1. The van der Waals surface area contributed by atoms with Crippen LogP contribution in [-0.4, -0.2) is 13.6 Å². The van der Waals surface area contributed by atoms with E-state index in [9.17, 15) is 0 Å². The van der Waals surface area contributed by atoms with Crippen LogP contribution in [0.2, 0.25) is 5.02 Å². The predicted octanol–water partition coefficient (Wildman–Crippen LogP) is 4.19. The van der Waals surface area contributed by atoms with Gasteiger partial charge in [0.25, 0.3) is 0 Å². The van der Waals surface area contributed by atoms with Gasteiger partial charge in [-0.15, -0.1) is 0 Å². The molecule has 0 aliphatic carbocycles. The van der Waals surface area contributed by atoms with E-state index >= 15 is 0 Å². The molecule has 2 aromatic rings. The molecule has 2 aromatic carbocycles. The number of rotatable bonds is 5. The SMILES string of the molecule is CNCC(Cc1ccccc1Cl)c1ccc(C)cc1. The molecule has 1 nitrogen and oxygen atoms in total. The zero-order chi connectivity index (χ0) is 13.7. The Kier molecular flexibility index (Phi) is 5.00. The average molecular weight is 274 g/mol. The van der Waals surface area contributed by atoms with E-state index in [1.54, 1.807) is 0 Å². The topological polar surface area (TPSA) is 12.0 Å². The minimum atomic E-state index is 0.450. The van der Waals surface area contributed by atoms with Crippen LogP contribution in [0, 0.1) is 6.92 Å². The Labute approximate surface area is 120 Å². The van der Waals surface area contributed by atoms with Crippen LogP contribution in [0.1, 0.15) is 22.6 Å². The number of aryl methyl sites for hydroxylation is 1. The summed E-state index contributed by atoms with van der Waals surface area (Å²) < 4.78 is 0. The van der Waals surface area contributed by atoms with Crippen molar-refractivity contribution in [3.63, 3.8) is 0 Å². The molecule has 0 saturated heterocycles. The molecular weight excluding hydrogens is 254 g/mol. The van der Waals surface area contributed by atoms with Crippen molar-refractivity contribution in [1.82, 2.24) is 5.32 Å². The molecule has 0 spiro atoms. The summed E-state index contributed by atoms with van der Waals surface area (Å²) in [5, 5.41) is 4.13. The van der Waals surface area contributed by atoms with Gasteiger partial charge in [-0.05, 0) is 37.6 Å². The third-order valence-electron chi connectivity index (χ3n) is 3.42. The lowest BCUT2D eigenvalue weighted by Gasteiger charge is -2.18. The molecule has 100 valence electrons. The average Bonchev–Trinajstić information content (AvgIpc) is 2.42. The van der Waals surface area contributed by atoms with Crippen LogP contribution in [0.25, 0.3) is 0 Å². The van der Waals surface area contributed by atoms with Crippen molar-refractivity contribution in [3.05, 3.63) is 70.2 Å². The highest BCUT2D eigenvalue weighted by molar-refractivity contribution is 6.31. The summed E-state index contributed by atoms with van der Waals surface area (Å²) in [6.45, 7) is 3.07. The van der Waals surface area contributed by atoms with E-state index in [4.69, 9.17) is 11.6 Å². The van der Waals surface area contributed by atoms with E-state index in [2.05, 4.69) is 42.6 Å². The van der Waals surface area contributed by atoms with E-state index in [1.165, 1.54) is 16.7 Å². The maximum atomic E-state index is 6.26. The van der Waals surface area contributed by atoms with Crippen molar-refractivity contribution < 1.29 is 0 Å². The van der Waals surface area contributed by atoms with E-state index < -0.39 is 0 Å². The van der Waals surface area contributed by atoms with Crippen LogP contribution in [0.3, 0.4) is 0 Å². The second-order valence-electron chi connectivity index (χ2n) is 4.96. The molecular formula is C17H20ClN. The summed E-state index contributed by atoms with van der Waals surface area (Å²) in [7, 11) is 1.99. The van der Waals surface area contributed by atoms with Gasteiger partial charge in [0.15, 0.2) is 0 Å². The Hall–Kier alpha value is -1.31. The third kappa shape index (κ3) is 3.82. The third-order valence-corrected chi connectivity index (χ3v) is 3.79. The molecule has 0 bridgehead atoms. The van der Waals surface area contributed by atoms with Crippen LogP contribution in [0.4, 0.5) is 0 Å². The van der Waals surface area contributed by atoms with Crippen molar-refractivity contribution in [2.75, 3.05) is 13.6 Å². The van der Waals surface area contributed by atoms with Gasteiger partial charge in [0.05, 0.1) is 0 Å². The summed E-state index contributed by atoms with van der Waals surface area (Å²) in [6.07, 6.45) is 0.962. The Bertz CT molecular complexity index is 519. The molecule has 0 saturated carbocycles. The van der Waals surface area contributed by atoms with E-state index in [-0.39, 0.29) is 0 Å².